The molecule has 1 amide bonds. The second-order valence-electron chi connectivity index (χ2n) is 8.59. The third kappa shape index (κ3) is 5.50. The molecule has 27 heavy (non-hydrogen) atoms. The molecule has 0 radical (unpaired) electrons. The Kier molecular flexibility index (Phi) is 6.12. The number of hydrogen-bond acceptors (Lipinski definition) is 5. The number of aromatic nitrogens is 1. The Morgan fingerprint density at radius 1 is 1.26 bits per heavy atom. The Labute approximate surface area is 162 Å². The van der Waals surface area contributed by atoms with Gasteiger partial charge < -0.3 is 19.1 Å². The first-order valence-corrected chi connectivity index (χ1v) is 10.1. The zero-order valence-corrected chi connectivity index (χ0v) is 17.0. The van der Waals surface area contributed by atoms with Gasteiger partial charge in [-0.25, -0.2) is 4.79 Å². The third-order valence-electron chi connectivity index (χ3n) is 5.15. The van der Waals surface area contributed by atoms with Crippen molar-refractivity contribution in [3.63, 3.8) is 0 Å². The predicted octanol–water partition coefficient (Wildman–Crippen LogP) is 4.56. The summed E-state index contributed by atoms with van der Waals surface area (Å²) in [7, 11) is 0. The lowest BCUT2D eigenvalue weighted by molar-refractivity contribution is 0.0225. The van der Waals surface area contributed by atoms with Crippen molar-refractivity contribution in [3.05, 3.63) is 17.7 Å². The summed E-state index contributed by atoms with van der Waals surface area (Å²) < 4.78 is 17.4. The van der Waals surface area contributed by atoms with Crippen molar-refractivity contribution in [2.45, 2.75) is 78.0 Å². The van der Waals surface area contributed by atoms with Gasteiger partial charge in [-0.1, -0.05) is 19.3 Å². The number of nitrogens with zero attached hydrogens (tertiary/aromatic N) is 2. The first-order chi connectivity index (χ1) is 12.8. The molecule has 1 aliphatic heterocycles. The maximum atomic E-state index is 12.4. The van der Waals surface area contributed by atoms with Crippen LogP contribution >= 0.6 is 0 Å². The summed E-state index contributed by atoms with van der Waals surface area (Å²) >= 11 is 0. The maximum absolute atomic E-state index is 12.4. The molecule has 6 nitrogen and oxygen atoms in total. The molecule has 0 spiro atoms. The molecule has 0 saturated heterocycles. The fourth-order valence-electron chi connectivity index (χ4n) is 3.67. The smallest absolute Gasteiger partial charge is 0.410 e. The summed E-state index contributed by atoms with van der Waals surface area (Å²) in [5.41, 5.74) is 0.356. The first kappa shape index (κ1) is 19.8. The summed E-state index contributed by atoms with van der Waals surface area (Å²) in [5, 5.41) is 0. The van der Waals surface area contributed by atoms with Gasteiger partial charge in [0.25, 0.3) is 0 Å². The van der Waals surface area contributed by atoms with Crippen LogP contribution in [0, 0.1) is 5.92 Å². The Balaban J connectivity index is 1.65. The summed E-state index contributed by atoms with van der Waals surface area (Å²) in [6.07, 6.45) is 6.20. The third-order valence-corrected chi connectivity index (χ3v) is 5.15. The number of fused-ring (bicyclic) bond motifs is 1. The van der Waals surface area contributed by atoms with Gasteiger partial charge in [-0.05, 0) is 52.5 Å². The Bertz CT molecular complexity index is 650. The highest BCUT2D eigenvalue weighted by Crippen LogP contribution is 2.30. The van der Waals surface area contributed by atoms with Crippen molar-refractivity contribution in [1.82, 2.24) is 9.88 Å². The lowest BCUT2D eigenvalue weighted by Crippen LogP contribution is -2.37. The number of hydrogen-bond donors (Lipinski definition) is 0. The van der Waals surface area contributed by atoms with Gasteiger partial charge in [0.05, 0.1) is 13.1 Å². The highest BCUT2D eigenvalue weighted by Gasteiger charge is 2.26. The summed E-state index contributed by atoms with van der Waals surface area (Å²) in [4.78, 5) is 18.6. The van der Waals surface area contributed by atoms with Crippen LogP contribution in [-0.2, 0) is 11.3 Å². The molecule has 6 heteroatoms. The van der Waals surface area contributed by atoms with Crippen molar-refractivity contribution < 1.29 is 19.0 Å². The molecule has 1 unspecified atom stereocenters. The summed E-state index contributed by atoms with van der Waals surface area (Å²) in [5.74, 6) is 1.75. The number of rotatable bonds is 3. The molecule has 1 atom stereocenters. The molecule has 1 saturated carbocycles. The number of pyridine rings is 1. The van der Waals surface area contributed by atoms with Gasteiger partial charge in [-0.2, -0.15) is 4.98 Å². The average Bonchev–Trinajstić information content (AvgIpc) is 2.83. The van der Waals surface area contributed by atoms with Crippen molar-refractivity contribution in [1.29, 1.82) is 0 Å². The van der Waals surface area contributed by atoms with Gasteiger partial charge >= 0.3 is 6.09 Å². The van der Waals surface area contributed by atoms with Crippen LogP contribution < -0.4 is 9.47 Å². The molecule has 1 aliphatic carbocycles. The second kappa shape index (κ2) is 8.36. The molecular weight excluding hydrogens is 344 g/mol. The summed E-state index contributed by atoms with van der Waals surface area (Å²) in [6.45, 7) is 9.02. The fraction of sp³-hybridized carbons (Fsp3) is 0.714. The average molecular weight is 376 g/mol. The molecule has 1 fully saturated rings. The minimum atomic E-state index is -0.516. The van der Waals surface area contributed by atoms with E-state index in [2.05, 4.69) is 11.9 Å². The SMILES string of the molecule is CC(Oc1ccc2c(n1)OCCN(C(=O)OC(C)(C)C)C2)C1CCCCC1. The van der Waals surface area contributed by atoms with E-state index in [1.807, 2.05) is 32.9 Å². The van der Waals surface area contributed by atoms with Gasteiger partial charge in [0.1, 0.15) is 18.3 Å². The minimum absolute atomic E-state index is 0.153. The second-order valence-corrected chi connectivity index (χ2v) is 8.59. The first-order valence-electron chi connectivity index (χ1n) is 10.1. The molecule has 1 aromatic rings. The van der Waals surface area contributed by atoms with Gasteiger partial charge in [0.15, 0.2) is 0 Å². The molecule has 2 aliphatic rings. The lowest BCUT2D eigenvalue weighted by atomic mass is 9.86. The number of amides is 1. The van der Waals surface area contributed by atoms with Gasteiger partial charge in [0, 0.05) is 11.6 Å². The van der Waals surface area contributed by atoms with Crippen LogP contribution in [-0.4, -0.2) is 40.8 Å². The lowest BCUT2D eigenvalue weighted by Gasteiger charge is -2.27. The number of carbonyl (C=O) groups excluding carboxylic acids is 1. The molecule has 0 N–H and O–H groups in total. The van der Waals surface area contributed by atoms with Crippen LogP contribution in [0.1, 0.15) is 65.4 Å². The Hall–Kier alpha value is -1.98. The molecule has 3 rings (SSSR count). The van der Waals surface area contributed by atoms with E-state index in [0.717, 1.165) is 5.56 Å². The number of carbonyl (C=O) groups is 1. The van der Waals surface area contributed by atoms with Crippen molar-refractivity contribution in [2.24, 2.45) is 5.92 Å². The topological polar surface area (TPSA) is 60.9 Å². The zero-order chi connectivity index (χ0) is 19.4. The fourth-order valence-corrected chi connectivity index (χ4v) is 3.67. The van der Waals surface area contributed by atoms with Crippen LogP contribution in [0.4, 0.5) is 4.79 Å². The highest BCUT2D eigenvalue weighted by atomic mass is 16.6. The standard InChI is InChI=1S/C21H32N2O4/c1-15(16-8-6-5-7-9-16)26-18-11-10-17-14-23(12-13-25-19(17)22-18)20(24)27-21(2,3)4/h10-11,15-16H,5-9,12-14H2,1-4H3. The van der Waals surface area contributed by atoms with E-state index >= 15 is 0 Å². The van der Waals surface area contributed by atoms with Gasteiger partial charge in [-0.3, -0.25) is 0 Å². The minimum Gasteiger partial charge on any atom is -0.475 e. The quantitative estimate of drug-likeness (QED) is 0.774. The molecular formula is C21H32N2O4. The van der Waals surface area contributed by atoms with Crippen LogP contribution in [0.3, 0.4) is 0 Å². The van der Waals surface area contributed by atoms with Crippen molar-refractivity contribution in [3.8, 4) is 11.8 Å². The molecule has 1 aromatic heterocycles. The van der Waals surface area contributed by atoms with Gasteiger partial charge in [-0.15, -0.1) is 0 Å². The summed E-state index contributed by atoms with van der Waals surface area (Å²) in [6, 6.07) is 3.81. The van der Waals surface area contributed by atoms with E-state index in [4.69, 9.17) is 14.2 Å². The molecule has 150 valence electrons. The Morgan fingerprint density at radius 3 is 2.70 bits per heavy atom. The molecule has 2 heterocycles. The van der Waals surface area contributed by atoms with Gasteiger partial charge in [0.2, 0.25) is 11.8 Å². The van der Waals surface area contributed by atoms with Crippen molar-refractivity contribution in [2.75, 3.05) is 13.2 Å². The Morgan fingerprint density at radius 2 is 2.00 bits per heavy atom. The van der Waals surface area contributed by atoms with Crippen LogP contribution in [0.2, 0.25) is 0 Å². The zero-order valence-electron chi connectivity index (χ0n) is 17.0. The monoisotopic (exact) mass is 376 g/mol. The predicted molar refractivity (Wildman–Crippen MR) is 103 cm³/mol. The molecule has 0 bridgehead atoms. The van der Waals surface area contributed by atoms with E-state index in [-0.39, 0.29) is 12.2 Å². The van der Waals surface area contributed by atoms with Crippen molar-refractivity contribution >= 4 is 6.09 Å². The van der Waals surface area contributed by atoms with Crippen LogP contribution in [0.25, 0.3) is 0 Å². The van der Waals surface area contributed by atoms with Crippen LogP contribution in [0.15, 0.2) is 12.1 Å². The van der Waals surface area contributed by atoms with E-state index in [1.165, 1.54) is 32.1 Å². The highest BCUT2D eigenvalue weighted by molar-refractivity contribution is 5.68. The van der Waals surface area contributed by atoms with Crippen LogP contribution in [0.5, 0.6) is 11.8 Å². The van der Waals surface area contributed by atoms with E-state index in [0.29, 0.717) is 37.4 Å². The molecule has 0 aromatic carbocycles. The maximum Gasteiger partial charge on any atom is 0.410 e. The van der Waals surface area contributed by atoms with E-state index in [1.54, 1.807) is 4.90 Å². The normalized spacial score (nSPS) is 19.5. The van der Waals surface area contributed by atoms with E-state index < -0.39 is 5.60 Å². The number of ether oxygens (including phenoxy) is 3. The van der Waals surface area contributed by atoms with E-state index in [9.17, 15) is 4.79 Å². The largest absolute Gasteiger partial charge is 0.475 e.